The lowest BCUT2D eigenvalue weighted by Crippen LogP contribution is -2.12. The van der Waals surface area contributed by atoms with Crippen LogP contribution in [0.5, 0.6) is 5.75 Å². The van der Waals surface area contributed by atoms with Crippen LogP contribution in [0.4, 0.5) is 0 Å². The van der Waals surface area contributed by atoms with Gasteiger partial charge in [-0.1, -0.05) is 30.3 Å². The van der Waals surface area contributed by atoms with Gasteiger partial charge in [-0.25, -0.2) is 4.79 Å². The number of hydrogen-bond donors (Lipinski definition) is 0. The smallest absolute Gasteiger partial charge is 0.342 e. The summed E-state index contributed by atoms with van der Waals surface area (Å²) in [5, 5.41) is 2.81. The molecule has 1 heterocycles. The summed E-state index contributed by atoms with van der Waals surface area (Å²) in [5.41, 5.74) is 0.764. The molecular formula is C17H16O3. The molecule has 3 rings (SSSR count). The van der Waals surface area contributed by atoms with Crippen LogP contribution in [0.15, 0.2) is 45.6 Å². The van der Waals surface area contributed by atoms with Crippen LogP contribution >= 0.6 is 0 Å². The maximum Gasteiger partial charge on any atom is 0.342 e. The Bertz CT molecular complexity index is 844. The van der Waals surface area contributed by atoms with Gasteiger partial charge in [0.2, 0.25) is 0 Å². The molecule has 0 saturated carbocycles. The molecule has 20 heavy (non-hydrogen) atoms. The first-order chi connectivity index (χ1) is 9.58. The molecule has 0 aliphatic carbocycles. The van der Waals surface area contributed by atoms with E-state index in [4.69, 9.17) is 9.15 Å². The molecule has 0 amide bonds. The predicted molar refractivity (Wildman–Crippen MR) is 80.5 cm³/mol. The van der Waals surface area contributed by atoms with Crippen molar-refractivity contribution < 1.29 is 9.15 Å². The first-order valence-electron chi connectivity index (χ1n) is 6.69. The fourth-order valence-corrected chi connectivity index (χ4v) is 2.38. The Kier molecular flexibility index (Phi) is 2.97. The second kappa shape index (κ2) is 4.67. The van der Waals surface area contributed by atoms with Crippen molar-refractivity contribution in [2.45, 2.75) is 26.9 Å². The normalized spacial score (nSPS) is 11.4. The van der Waals surface area contributed by atoms with Gasteiger partial charge < -0.3 is 9.15 Å². The van der Waals surface area contributed by atoms with Gasteiger partial charge in [-0.15, -0.1) is 0 Å². The van der Waals surface area contributed by atoms with Crippen molar-refractivity contribution in [3.05, 3.63) is 52.4 Å². The van der Waals surface area contributed by atoms with E-state index in [9.17, 15) is 4.79 Å². The molecule has 0 spiro atoms. The van der Waals surface area contributed by atoms with E-state index in [1.165, 1.54) is 0 Å². The average Bonchev–Trinajstić information content (AvgIpc) is 2.43. The van der Waals surface area contributed by atoms with Crippen molar-refractivity contribution in [2.24, 2.45) is 0 Å². The molecule has 0 saturated heterocycles. The molecule has 3 nitrogen and oxygen atoms in total. The Hall–Kier alpha value is -2.29. The minimum Gasteiger partial charge on any atom is -0.490 e. The van der Waals surface area contributed by atoms with Crippen molar-refractivity contribution in [3.8, 4) is 5.75 Å². The zero-order valence-corrected chi connectivity index (χ0v) is 11.8. The second-order valence-corrected chi connectivity index (χ2v) is 5.17. The van der Waals surface area contributed by atoms with E-state index in [1.807, 2.05) is 50.2 Å². The van der Waals surface area contributed by atoms with Gasteiger partial charge in [0, 0.05) is 5.39 Å². The highest BCUT2D eigenvalue weighted by molar-refractivity contribution is 6.06. The number of hydrogen-bond acceptors (Lipinski definition) is 3. The largest absolute Gasteiger partial charge is 0.490 e. The summed E-state index contributed by atoms with van der Waals surface area (Å²) >= 11 is 0. The molecule has 1 aromatic heterocycles. The van der Waals surface area contributed by atoms with Crippen LogP contribution in [0.1, 0.15) is 19.4 Å². The molecule has 2 aromatic carbocycles. The third kappa shape index (κ3) is 1.95. The van der Waals surface area contributed by atoms with Gasteiger partial charge in [0.05, 0.1) is 17.1 Å². The highest BCUT2D eigenvalue weighted by Gasteiger charge is 2.15. The van der Waals surface area contributed by atoms with Gasteiger partial charge >= 0.3 is 5.63 Å². The summed E-state index contributed by atoms with van der Waals surface area (Å²) in [4.78, 5) is 12.0. The van der Waals surface area contributed by atoms with E-state index < -0.39 is 0 Å². The van der Waals surface area contributed by atoms with Crippen molar-refractivity contribution in [1.29, 1.82) is 0 Å². The van der Waals surface area contributed by atoms with Crippen LogP contribution in [0, 0.1) is 6.92 Å². The number of benzene rings is 2. The van der Waals surface area contributed by atoms with E-state index in [2.05, 4.69) is 0 Å². The molecule has 0 fully saturated rings. The van der Waals surface area contributed by atoms with Gasteiger partial charge in [-0.3, -0.25) is 0 Å². The Balaban J connectivity index is 2.46. The third-order valence-corrected chi connectivity index (χ3v) is 3.32. The van der Waals surface area contributed by atoms with Crippen LogP contribution in [0.25, 0.3) is 21.7 Å². The summed E-state index contributed by atoms with van der Waals surface area (Å²) in [7, 11) is 0. The monoisotopic (exact) mass is 268 g/mol. The zero-order valence-electron chi connectivity index (χ0n) is 11.8. The first kappa shape index (κ1) is 12.7. The molecule has 3 aromatic rings. The maximum absolute atomic E-state index is 12.0. The molecule has 0 bridgehead atoms. The lowest BCUT2D eigenvalue weighted by Gasteiger charge is -2.14. The fraction of sp³-hybridized carbons (Fsp3) is 0.235. The molecule has 0 radical (unpaired) electrons. The van der Waals surface area contributed by atoms with Crippen molar-refractivity contribution in [1.82, 2.24) is 0 Å². The average molecular weight is 268 g/mol. The minimum absolute atomic E-state index is 0.00479. The molecule has 0 N–H and O–H groups in total. The lowest BCUT2D eigenvalue weighted by atomic mass is 10.1. The van der Waals surface area contributed by atoms with Crippen molar-refractivity contribution >= 4 is 21.7 Å². The maximum atomic E-state index is 12.0. The van der Waals surface area contributed by atoms with Crippen molar-refractivity contribution in [3.63, 3.8) is 0 Å². The van der Waals surface area contributed by atoms with Gasteiger partial charge in [-0.05, 0) is 32.2 Å². The SMILES string of the molecule is Cc1c(OC(C)C)c2ccc3ccccc3c2oc1=O. The van der Waals surface area contributed by atoms with Crippen LogP contribution in [-0.4, -0.2) is 6.10 Å². The van der Waals surface area contributed by atoms with Gasteiger partial charge in [0.15, 0.2) is 0 Å². The molecule has 0 atom stereocenters. The Morgan fingerprint density at radius 2 is 1.80 bits per heavy atom. The van der Waals surface area contributed by atoms with Crippen LogP contribution < -0.4 is 10.4 Å². The highest BCUT2D eigenvalue weighted by atomic mass is 16.5. The number of fused-ring (bicyclic) bond motifs is 3. The number of rotatable bonds is 2. The standard InChI is InChI=1S/C17H16O3/c1-10(2)19-15-11(3)17(18)20-16-13-7-5-4-6-12(13)8-9-14(15)16/h4-10H,1-3H3. The van der Waals surface area contributed by atoms with Gasteiger partial charge in [0.25, 0.3) is 0 Å². The van der Waals surface area contributed by atoms with Crippen LogP contribution in [-0.2, 0) is 0 Å². The topological polar surface area (TPSA) is 39.4 Å². The zero-order chi connectivity index (χ0) is 14.3. The van der Waals surface area contributed by atoms with Gasteiger partial charge in [-0.2, -0.15) is 0 Å². The molecule has 3 heteroatoms. The van der Waals surface area contributed by atoms with E-state index in [0.29, 0.717) is 16.9 Å². The van der Waals surface area contributed by atoms with E-state index in [-0.39, 0.29) is 11.7 Å². The summed E-state index contributed by atoms with van der Waals surface area (Å²) in [6, 6.07) is 11.8. The van der Waals surface area contributed by atoms with E-state index in [0.717, 1.165) is 16.2 Å². The summed E-state index contributed by atoms with van der Waals surface area (Å²) in [6.45, 7) is 5.63. The second-order valence-electron chi connectivity index (χ2n) is 5.17. The molecular weight excluding hydrogens is 252 g/mol. The van der Waals surface area contributed by atoms with Crippen LogP contribution in [0.3, 0.4) is 0 Å². The van der Waals surface area contributed by atoms with E-state index >= 15 is 0 Å². The fourth-order valence-electron chi connectivity index (χ4n) is 2.38. The minimum atomic E-state index is -0.343. The molecule has 0 unspecified atom stereocenters. The highest BCUT2D eigenvalue weighted by Crippen LogP contribution is 2.32. The quantitative estimate of drug-likeness (QED) is 0.520. The third-order valence-electron chi connectivity index (χ3n) is 3.32. The molecule has 0 aliphatic rings. The number of ether oxygens (including phenoxy) is 1. The summed E-state index contributed by atoms with van der Waals surface area (Å²) in [5.74, 6) is 0.622. The molecule has 0 aliphatic heterocycles. The molecule has 102 valence electrons. The Morgan fingerprint density at radius 3 is 2.55 bits per heavy atom. The van der Waals surface area contributed by atoms with E-state index in [1.54, 1.807) is 6.92 Å². The Morgan fingerprint density at radius 1 is 1.05 bits per heavy atom. The van der Waals surface area contributed by atoms with Crippen molar-refractivity contribution in [2.75, 3.05) is 0 Å². The first-order valence-corrected chi connectivity index (χ1v) is 6.69. The van der Waals surface area contributed by atoms with Gasteiger partial charge in [0.1, 0.15) is 11.3 Å². The Labute approximate surface area is 116 Å². The summed E-state index contributed by atoms with van der Waals surface area (Å²) < 4.78 is 11.3. The predicted octanol–water partition coefficient (Wildman–Crippen LogP) is 4.04. The van der Waals surface area contributed by atoms with Crippen LogP contribution in [0.2, 0.25) is 0 Å². The summed E-state index contributed by atoms with van der Waals surface area (Å²) in [6.07, 6.45) is 0.00479. The lowest BCUT2D eigenvalue weighted by molar-refractivity contribution is 0.242.